The van der Waals surface area contributed by atoms with Crippen molar-refractivity contribution in [2.24, 2.45) is 11.8 Å². The van der Waals surface area contributed by atoms with E-state index in [4.69, 9.17) is 5.84 Å². The number of hydrogen-bond donors (Lipinski definition) is 2. The average molecular weight is 261 g/mol. The molecule has 0 spiro atoms. The lowest BCUT2D eigenvalue weighted by Gasteiger charge is -2.28. The molecule has 1 aliphatic heterocycles. The highest BCUT2D eigenvalue weighted by Crippen LogP contribution is 2.21. The summed E-state index contributed by atoms with van der Waals surface area (Å²) in [5.41, 5.74) is 3.50. The van der Waals surface area contributed by atoms with Crippen molar-refractivity contribution in [3.05, 3.63) is 11.8 Å². The van der Waals surface area contributed by atoms with E-state index in [2.05, 4.69) is 32.3 Å². The second-order valence-corrected chi connectivity index (χ2v) is 5.22. The van der Waals surface area contributed by atoms with Gasteiger partial charge in [0, 0.05) is 24.8 Å². The molecule has 1 saturated heterocycles. The van der Waals surface area contributed by atoms with E-state index in [1.165, 1.54) is 12.8 Å². The minimum Gasteiger partial charge on any atom is -0.339 e. The zero-order valence-electron chi connectivity index (χ0n) is 11.3. The molecule has 0 aromatic carbocycles. The van der Waals surface area contributed by atoms with Crippen molar-refractivity contribution in [2.45, 2.75) is 26.7 Å². The van der Waals surface area contributed by atoms with E-state index < -0.39 is 0 Å². The molecule has 0 radical (unpaired) electrons. The summed E-state index contributed by atoms with van der Waals surface area (Å²) < 4.78 is 1.65. The minimum absolute atomic E-state index is 0.585. The number of aryl methyl sites for hydroxylation is 1. The zero-order valence-corrected chi connectivity index (χ0v) is 11.3. The molecular weight excluding hydrogens is 242 g/mol. The van der Waals surface area contributed by atoms with E-state index in [1.54, 1.807) is 4.52 Å². The molecule has 19 heavy (non-hydrogen) atoms. The van der Waals surface area contributed by atoms with Crippen molar-refractivity contribution in [3.63, 3.8) is 0 Å². The molecule has 1 fully saturated rings. The van der Waals surface area contributed by atoms with Crippen LogP contribution in [0.5, 0.6) is 0 Å². The Morgan fingerprint density at radius 3 is 2.74 bits per heavy atom. The van der Waals surface area contributed by atoms with Gasteiger partial charge >= 0.3 is 0 Å². The Kier molecular flexibility index (Phi) is 2.98. The van der Waals surface area contributed by atoms with E-state index in [9.17, 15) is 0 Å². The van der Waals surface area contributed by atoms with Gasteiger partial charge in [-0.25, -0.2) is 10.8 Å². The van der Waals surface area contributed by atoms with Crippen LogP contribution in [0.2, 0.25) is 0 Å². The topological polar surface area (TPSA) is 84.4 Å². The number of piperidine rings is 1. The summed E-state index contributed by atoms with van der Waals surface area (Å²) in [5.74, 6) is 8.32. The number of nitrogens with one attached hydrogen (secondary N) is 1. The second-order valence-electron chi connectivity index (χ2n) is 5.22. The standard InChI is InChI=1S/C12H19N7/c1-8-3-5-18(6-4-8)12-15-11-14-9(2)7-10(16-13)19(11)17-12/h7-8,16H,3-6,13H2,1-2H3. The summed E-state index contributed by atoms with van der Waals surface area (Å²) in [4.78, 5) is 11.1. The molecule has 102 valence electrons. The Morgan fingerprint density at radius 2 is 2.05 bits per heavy atom. The molecule has 0 bridgehead atoms. The number of anilines is 2. The van der Waals surface area contributed by atoms with Crippen LogP contribution < -0.4 is 16.2 Å². The Morgan fingerprint density at radius 1 is 1.32 bits per heavy atom. The third kappa shape index (κ3) is 2.21. The van der Waals surface area contributed by atoms with Gasteiger partial charge in [-0.1, -0.05) is 6.92 Å². The van der Waals surface area contributed by atoms with Crippen molar-refractivity contribution in [2.75, 3.05) is 23.4 Å². The quantitative estimate of drug-likeness (QED) is 0.618. The van der Waals surface area contributed by atoms with Crippen LogP contribution >= 0.6 is 0 Å². The first-order valence-electron chi connectivity index (χ1n) is 6.63. The molecular formula is C12H19N7. The molecule has 3 N–H and O–H groups in total. The fourth-order valence-electron chi connectivity index (χ4n) is 2.42. The van der Waals surface area contributed by atoms with E-state index >= 15 is 0 Å². The number of nitrogen functional groups attached to an aromatic ring is 1. The second kappa shape index (κ2) is 4.65. The molecule has 3 rings (SSSR count). The van der Waals surface area contributed by atoms with Gasteiger partial charge < -0.3 is 10.3 Å². The molecule has 7 nitrogen and oxygen atoms in total. The van der Waals surface area contributed by atoms with Crippen LogP contribution in [0, 0.1) is 12.8 Å². The molecule has 0 amide bonds. The van der Waals surface area contributed by atoms with E-state index in [0.29, 0.717) is 11.6 Å². The molecule has 2 aromatic heterocycles. The van der Waals surface area contributed by atoms with Gasteiger partial charge in [0.1, 0.15) is 5.82 Å². The summed E-state index contributed by atoms with van der Waals surface area (Å²) in [7, 11) is 0. The lowest BCUT2D eigenvalue weighted by atomic mass is 10.00. The number of rotatable bonds is 2. The van der Waals surface area contributed by atoms with Gasteiger partial charge in [0.25, 0.3) is 5.78 Å². The molecule has 7 heteroatoms. The highest BCUT2D eigenvalue weighted by atomic mass is 15.5. The van der Waals surface area contributed by atoms with Gasteiger partial charge in [-0.05, 0) is 25.7 Å². The van der Waals surface area contributed by atoms with Crippen molar-refractivity contribution in [1.29, 1.82) is 0 Å². The summed E-state index contributed by atoms with van der Waals surface area (Å²) in [6.07, 6.45) is 2.37. The number of aromatic nitrogens is 4. The molecule has 0 unspecified atom stereocenters. The maximum Gasteiger partial charge on any atom is 0.256 e. The van der Waals surface area contributed by atoms with Gasteiger partial charge in [0.05, 0.1) is 0 Å². The monoisotopic (exact) mass is 261 g/mol. The fourth-order valence-corrected chi connectivity index (χ4v) is 2.42. The average Bonchev–Trinajstić information content (AvgIpc) is 2.82. The van der Waals surface area contributed by atoms with Crippen LogP contribution in [0.3, 0.4) is 0 Å². The highest BCUT2D eigenvalue weighted by Gasteiger charge is 2.20. The normalized spacial score (nSPS) is 17.1. The molecule has 0 atom stereocenters. The largest absolute Gasteiger partial charge is 0.339 e. The Bertz CT molecular complexity index is 583. The van der Waals surface area contributed by atoms with Gasteiger partial charge in [-0.15, -0.1) is 5.10 Å². The first-order valence-corrected chi connectivity index (χ1v) is 6.63. The van der Waals surface area contributed by atoms with Gasteiger partial charge in [0.15, 0.2) is 0 Å². The number of nitrogens with two attached hydrogens (primary N) is 1. The number of hydrogen-bond acceptors (Lipinski definition) is 6. The smallest absolute Gasteiger partial charge is 0.256 e. The van der Waals surface area contributed by atoms with Crippen LogP contribution in [0.15, 0.2) is 6.07 Å². The third-order valence-electron chi connectivity index (χ3n) is 3.64. The van der Waals surface area contributed by atoms with E-state index in [1.807, 2.05) is 13.0 Å². The van der Waals surface area contributed by atoms with E-state index in [0.717, 1.165) is 30.6 Å². The van der Waals surface area contributed by atoms with Crippen LogP contribution in [0.4, 0.5) is 11.8 Å². The summed E-state index contributed by atoms with van der Waals surface area (Å²) in [6.45, 7) is 6.21. The highest BCUT2D eigenvalue weighted by molar-refractivity contribution is 5.48. The maximum atomic E-state index is 5.51. The van der Waals surface area contributed by atoms with Gasteiger partial charge in [-0.2, -0.15) is 9.50 Å². The van der Waals surface area contributed by atoms with Crippen LogP contribution in [0.25, 0.3) is 5.78 Å². The van der Waals surface area contributed by atoms with Gasteiger partial charge in [0.2, 0.25) is 5.95 Å². The number of fused-ring (bicyclic) bond motifs is 1. The molecule has 1 aliphatic rings. The van der Waals surface area contributed by atoms with Crippen molar-refractivity contribution >= 4 is 17.5 Å². The molecule has 0 saturated carbocycles. The summed E-state index contributed by atoms with van der Waals surface area (Å²) >= 11 is 0. The maximum absolute atomic E-state index is 5.51. The Balaban J connectivity index is 1.97. The van der Waals surface area contributed by atoms with Crippen molar-refractivity contribution < 1.29 is 0 Å². The number of nitrogens with zero attached hydrogens (tertiary/aromatic N) is 5. The summed E-state index contributed by atoms with van der Waals surface area (Å²) in [6, 6.07) is 1.85. The van der Waals surface area contributed by atoms with Crippen LogP contribution in [0.1, 0.15) is 25.5 Å². The number of hydrazine groups is 1. The first kappa shape index (κ1) is 12.2. The Labute approximate surface area is 111 Å². The Hall–Kier alpha value is -1.89. The third-order valence-corrected chi connectivity index (χ3v) is 3.64. The molecule has 2 aromatic rings. The van der Waals surface area contributed by atoms with E-state index in [-0.39, 0.29) is 0 Å². The predicted octanol–water partition coefficient (Wildman–Crippen LogP) is 0.955. The van der Waals surface area contributed by atoms with Crippen molar-refractivity contribution in [3.8, 4) is 0 Å². The summed E-state index contributed by atoms with van der Waals surface area (Å²) in [5, 5.41) is 4.50. The minimum atomic E-state index is 0.585. The molecule has 0 aliphatic carbocycles. The lowest BCUT2D eigenvalue weighted by molar-refractivity contribution is 0.434. The lowest BCUT2D eigenvalue weighted by Crippen LogP contribution is -2.33. The zero-order chi connectivity index (χ0) is 13.4. The predicted molar refractivity (Wildman–Crippen MR) is 73.9 cm³/mol. The van der Waals surface area contributed by atoms with Crippen molar-refractivity contribution in [1.82, 2.24) is 19.6 Å². The molecule has 3 heterocycles. The SMILES string of the molecule is Cc1cc(NN)n2nc(N3CCC(C)CC3)nc2n1. The fraction of sp³-hybridized carbons (Fsp3) is 0.583. The first-order chi connectivity index (χ1) is 9.17. The van der Waals surface area contributed by atoms with Crippen LogP contribution in [-0.4, -0.2) is 32.7 Å². The van der Waals surface area contributed by atoms with Crippen LogP contribution in [-0.2, 0) is 0 Å². The van der Waals surface area contributed by atoms with Gasteiger partial charge in [-0.3, -0.25) is 0 Å².